The average Bonchev–Trinajstić information content (AvgIpc) is 1.87. The number of carbonyl (C=O) groups is 1. The van der Waals surface area contributed by atoms with Crippen molar-refractivity contribution in [2.45, 2.75) is 13.8 Å². The Hall–Kier alpha value is -1.48. The van der Waals surface area contributed by atoms with Crippen LogP contribution in [0.25, 0.3) is 10.4 Å². The van der Waals surface area contributed by atoms with Gasteiger partial charge in [-0.15, -0.1) is 0 Å². The molecule has 0 aliphatic rings. The lowest BCUT2D eigenvalue weighted by molar-refractivity contribution is -0.137. The SMILES string of the molecule is CCOC(=O)/C=C(\C)N=[N+]=[N-]. The van der Waals surface area contributed by atoms with Crippen LogP contribution in [0.3, 0.4) is 0 Å². The molecule has 0 heterocycles. The van der Waals surface area contributed by atoms with E-state index in [-0.39, 0.29) is 0 Å². The number of ether oxygens (including phenoxy) is 1. The summed E-state index contributed by atoms with van der Waals surface area (Å²) in [6, 6.07) is 0. The lowest BCUT2D eigenvalue weighted by atomic mass is 10.4. The van der Waals surface area contributed by atoms with Crippen LogP contribution in [0.15, 0.2) is 16.9 Å². The molecule has 5 heteroatoms. The van der Waals surface area contributed by atoms with Crippen molar-refractivity contribution >= 4 is 5.97 Å². The predicted octanol–water partition coefficient (Wildman–Crippen LogP) is 1.76. The number of hydrogen-bond donors (Lipinski definition) is 0. The number of azide groups is 1. The van der Waals surface area contributed by atoms with Crippen LogP contribution in [0.4, 0.5) is 0 Å². The van der Waals surface area contributed by atoms with Gasteiger partial charge in [0.25, 0.3) is 0 Å². The van der Waals surface area contributed by atoms with Crippen molar-refractivity contribution in [1.82, 2.24) is 0 Å². The van der Waals surface area contributed by atoms with Gasteiger partial charge in [0.2, 0.25) is 0 Å². The smallest absolute Gasteiger partial charge is 0.330 e. The fourth-order valence-corrected chi connectivity index (χ4v) is 0.454. The Labute approximate surface area is 64.3 Å². The summed E-state index contributed by atoms with van der Waals surface area (Å²) in [6.45, 7) is 3.55. The number of allylic oxidation sites excluding steroid dienone is 1. The van der Waals surface area contributed by atoms with Crippen molar-refractivity contribution in [3.63, 3.8) is 0 Å². The van der Waals surface area contributed by atoms with E-state index in [1.165, 1.54) is 6.92 Å². The predicted molar refractivity (Wildman–Crippen MR) is 39.5 cm³/mol. The first-order valence-electron chi connectivity index (χ1n) is 3.10. The van der Waals surface area contributed by atoms with Gasteiger partial charge >= 0.3 is 5.97 Å². The summed E-state index contributed by atoms with van der Waals surface area (Å²) in [7, 11) is 0. The third-order valence-corrected chi connectivity index (χ3v) is 0.816. The maximum Gasteiger partial charge on any atom is 0.330 e. The number of hydrogen-bond acceptors (Lipinski definition) is 3. The molecule has 11 heavy (non-hydrogen) atoms. The molecule has 5 nitrogen and oxygen atoms in total. The van der Waals surface area contributed by atoms with E-state index >= 15 is 0 Å². The van der Waals surface area contributed by atoms with Crippen molar-refractivity contribution < 1.29 is 9.53 Å². The second-order valence-corrected chi connectivity index (χ2v) is 1.73. The molecule has 0 atom stereocenters. The molecule has 0 aromatic heterocycles. The maximum atomic E-state index is 10.6. The summed E-state index contributed by atoms with van der Waals surface area (Å²) < 4.78 is 4.56. The van der Waals surface area contributed by atoms with Crippen LogP contribution in [0.5, 0.6) is 0 Å². The van der Waals surface area contributed by atoms with Crippen LogP contribution in [-0.4, -0.2) is 12.6 Å². The van der Waals surface area contributed by atoms with Crippen LogP contribution < -0.4 is 0 Å². The second kappa shape index (κ2) is 5.32. The largest absolute Gasteiger partial charge is 0.463 e. The molecule has 0 fully saturated rings. The van der Waals surface area contributed by atoms with Crippen LogP contribution in [0.1, 0.15) is 13.8 Å². The van der Waals surface area contributed by atoms with Gasteiger partial charge in [0.1, 0.15) is 0 Å². The molecular formula is C6H9N3O2. The van der Waals surface area contributed by atoms with Crippen LogP contribution in [-0.2, 0) is 9.53 Å². The van der Waals surface area contributed by atoms with Gasteiger partial charge in [0.05, 0.1) is 6.61 Å². The zero-order chi connectivity index (χ0) is 8.69. The summed E-state index contributed by atoms with van der Waals surface area (Å²) in [6.07, 6.45) is 1.14. The summed E-state index contributed by atoms with van der Waals surface area (Å²) in [5, 5.41) is 3.19. The molecule has 0 amide bonds. The molecule has 0 aromatic carbocycles. The molecule has 0 spiro atoms. The van der Waals surface area contributed by atoms with Crippen LogP contribution in [0, 0.1) is 0 Å². The molecule has 0 rings (SSSR count). The number of nitrogens with zero attached hydrogens (tertiary/aromatic N) is 3. The van der Waals surface area contributed by atoms with Gasteiger partial charge in [-0.05, 0) is 19.4 Å². The normalized spacial score (nSPS) is 10.2. The quantitative estimate of drug-likeness (QED) is 0.205. The van der Waals surface area contributed by atoms with Crippen molar-refractivity contribution in [2.24, 2.45) is 5.11 Å². The molecular weight excluding hydrogens is 146 g/mol. The first-order chi connectivity index (χ1) is 5.20. The molecule has 0 aromatic rings. The fraction of sp³-hybridized carbons (Fsp3) is 0.500. The zero-order valence-corrected chi connectivity index (χ0v) is 6.44. The van der Waals surface area contributed by atoms with Gasteiger partial charge in [-0.1, -0.05) is 5.11 Å². The lowest BCUT2D eigenvalue weighted by Gasteiger charge is -1.94. The van der Waals surface area contributed by atoms with E-state index < -0.39 is 5.97 Å². The molecule has 0 aliphatic heterocycles. The van der Waals surface area contributed by atoms with Gasteiger partial charge in [0, 0.05) is 16.7 Å². The van der Waals surface area contributed by atoms with Crippen LogP contribution >= 0.6 is 0 Å². The van der Waals surface area contributed by atoms with Crippen molar-refractivity contribution in [3.8, 4) is 0 Å². The molecule has 0 saturated carbocycles. The topological polar surface area (TPSA) is 75.1 Å². The number of rotatable bonds is 3. The Bertz CT molecular complexity index is 216. The Morgan fingerprint density at radius 1 is 1.82 bits per heavy atom. The molecule has 0 radical (unpaired) electrons. The summed E-state index contributed by atoms with van der Waals surface area (Å²) in [5.41, 5.74) is 8.24. The standard InChI is InChI=1S/C6H9N3O2/c1-3-11-6(10)4-5(2)8-9-7/h4H,3H2,1-2H3/b5-4+. The first kappa shape index (κ1) is 9.52. The molecule has 0 saturated heterocycles. The third-order valence-electron chi connectivity index (χ3n) is 0.816. The van der Waals surface area contributed by atoms with Gasteiger partial charge in [-0.25, -0.2) is 4.79 Å². The summed E-state index contributed by atoms with van der Waals surface area (Å²) in [5.74, 6) is -0.489. The minimum absolute atomic E-state index is 0.297. The van der Waals surface area contributed by atoms with E-state index in [1.807, 2.05) is 0 Å². The zero-order valence-electron chi connectivity index (χ0n) is 6.44. The molecule has 0 N–H and O–H groups in total. The summed E-state index contributed by atoms with van der Waals surface area (Å²) >= 11 is 0. The monoisotopic (exact) mass is 155 g/mol. The third kappa shape index (κ3) is 4.99. The second-order valence-electron chi connectivity index (χ2n) is 1.73. The molecule has 0 aliphatic carbocycles. The maximum absolute atomic E-state index is 10.6. The Morgan fingerprint density at radius 2 is 2.45 bits per heavy atom. The van der Waals surface area contributed by atoms with Gasteiger partial charge in [-0.2, -0.15) is 0 Å². The van der Waals surface area contributed by atoms with Gasteiger partial charge in [-0.3, -0.25) is 0 Å². The highest BCUT2D eigenvalue weighted by Gasteiger charge is 1.94. The van der Waals surface area contributed by atoms with Gasteiger partial charge < -0.3 is 4.74 Å². The highest BCUT2D eigenvalue weighted by molar-refractivity contribution is 5.82. The number of carbonyl (C=O) groups excluding carboxylic acids is 1. The highest BCUT2D eigenvalue weighted by atomic mass is 16.5. The molecule has 0 bridgehead atoms. The highest BCUT2D eigenvalue weighted by Crippen LogP contribution is 1.95. The van der Waals surface area contributed by atoms with E-state index in [4.69, 9.17) is 5.53 Å². The molecule has 60 valence electrons. The minimum atomic E-state index is -0.489. The van der Waals surface area contributed by atoms with Crippen molar-refractivity contribution in [3.05, 3.63) is 22.2 Å². The minimum Gasteiger partial charge on any atom is -0.463 e. The number of esters is 1. The Balaban J connectivity index is 4.07. The van der Waals surface area contributed by atoms with E-state index in [9.17, 15) is 4.79 Å². The first-order valence-corrected chi connectivity index (χ1v) is 3.10. The van der Waals surface area contributed by atoms with Crippen LogP contribution in [0.2, 0.25) is 0 Å². The van der Waals surface area contributed by atoms with E-state index in [0.717, 1.165) is 6.08 Å². The van der Waals surface area contributed by atoms with E-state index in [1.54, 1.807) is 6.92 Å². The Kier molecular flexibility index (Phi) is 4.60. The summed E-state index contributed by atoms with van der Waals surface area (Å²) in [4.78, 5) is 13.1. The van der Waals surface area contributed by atoms with Gasteiger partial charge in [0.15, 0.2) is 0 Å². The fourth-order valence-electron chi connectivity index (χ4n) is 0.454. The molecule has 0 unspecified atom stereocenters. The van der Waals surface area contributed by atoms with Crippen molar-refractivity contribution in [2.75, 3.05) is 6.61 Å². The van der Waals surface area contributed by atoms with Crippen molar-refractivity contribution in [1.29, 1.82) is 0 Å². The average molecular weight is 155 g/mol. The van der Waals surface area contributed by atoms with E-state index in [2.05, 4.69) is 14.8 Å². The Morgan fingerprint density at radius 3 is 2.91 bits per heavy atom. The lowest BCUT2D eigenvalue weighted by Crippen LogP contribution is -1.99. The van der Waals surface area contributed by atoms with E-state index in [0.29, 0.717) is 12.3 Å².